The first-order chi connectivity index (χ1) is 25.4. The number of benzene rings is 3. The molecule has 0 fully saturated rings. The van der Waals surface area contributed by atoms with Crippen LogP contribution in [-0.4, -0.2) is 50.0 Å². The molecule has 0 spiro atoms. The minimum Gasteiger partial charge on any atom is -0.487 e. The molecule has 0 radical (unpaired) electrons. The molecule has 1 aromatic heterocycles. The molecule has 0 unspecified atom stereocenters. The second-order valence-corrected chi connectivity index (χ2v) is 18.1. The Hall–Kier alpha value is -4.68. The summed E-state index contributed by atoms with van der Waals surface area (Å²) in [6.07, 6.45) is 1.97. The van der Waals surface area contributed by atoms with Crippen molar-refractivity contribution in [1.82, 2.24) is 10.0 Å². The maximum Gasteiger partial charge on any atom is 0.329 e. The highest BCUT2D eigenvalue weighted by Gasteiger charge is 2.34. The van der Waals surface area contributed by atoms with E-state index in [0.717, 1.165) is 39.3 Å². The number of esters is 1. The zero-order chi connectivity index (χ0) is 39.4. The quantitative estimate of drug-likeness (QED) is 0.0586. The van der Waals surface area contributed by atoms with Crippen LogP contribution in [0.15, 0.2) is 82.7 Å². The van der Waals surface area contributed by atoms with Crippen LogP contribution in [0.5, 0.6) is 5.75 Å². The summed E-state index contributed by atoms with van der Waals surface area (Å²) in [6, 6.07) is 23.0. The van der Waals surface area contributed by atoms with Crippen molar-refractivity contribution in [3.63, 3.8) is 0 Å². The van der Waals surface area contributed by atoms with Gasteiger partial charge in [0.15, 0.2) is 0 Å². The van der Waals surface area contributed by atoms with Crippen molar-refractivity contribution >= 4 is 39.2 Å². The van der Waals surface area contributed by atoms with Gasteiger partial charge in [0.05, 0.1) is 9.77 Å². The van der Waals surface area contributed by atoms with Gasteiger partial charge in [-0.05, 0) is 127 Å². The van der Waals surface area contributed by atoms with Crippen LogP contribution in [0.1, 0.15) is 108 Å². The lowest BCUT2D eigenvalue weighted by atomic mass is 9.88. The predicted molar refractivity (Wildman–Crippen MR) is 215 cm³/mol. The number of nitrogens with zero attached hydrogens (tertiary/aromatic N) is 1. The topological polar surface area (TPSA) is 149 Å². The van der Waals surface area contributed by atoms with Crippen LogP contribution in [-0.2, 0) is 26.0 Å². The van der Waals surface area contributed by atoms with Gasteiger partial charge in [-0.2, -0.15) is 0 Å². The molecule has 0 saturated heterocycles. The molecule has 1 atom stereocenters. The van der Waals surface area contributed by atoms with E-state index in [1.165, 1.54) is 11.3 Å². The fourth-order valence-electron chi connectivity index (χ4n) is 6.76. The number of guanidine groups is 1. The Bertz CT molecular complexity index is 2080. The Labute approximate surface area is 323 Å². The van der Waals surface area contributed by atoms with Crippen molar-refractivity contribution in [2.75, 3.05) is 6.54 Å². The number of aliphatic imine (C=N–C) groups is 1. The molecule has 0 saturated carbocycles. The number of ether oxygens (including phenoxy) is 2. The maximum absolute atomic E-state index is 13.7. The summed E-state index contributed by atoms with van der Waals surface area (Å²) < 4.78 is 41.7. The summed E-state index contributed by atoms with van der Waals surface area (Å²) in [5, 5.41) is 2.88. The number of amides is 1. The number of sulfonamides is 1. The molecule has 2 heterocycles. The summed E-state index contributed by atoms with van der Waals surface area (Å²) >= 11 is 1.38. The Balaban J connectivity index is 1.28. The van der Waals surface area contributed by atoms with E-state index in [4.69, 9.17) is 15.2 Å². The lowest BCUT2D eigenvalue weighted by molar-refractivity contribution is -0.157. The number of fused-ring (bicyclic) bond motifs is 1. The Morgan fingerprint density at radius 1 is 0.944 bits per heavy atom. The van der Waals surface area contributed by atoms with E-state index < -0.39 is 33.5 Å². The summed E-state index contributed by atoms with van der Waals surface area (Å²) in [6.45, 7) is 14.9. The molecule has 1 amide bonds. The van der Waals surface area contributed by atoms with Gasteiger partial charge in [-0.3, -0.25) is 9.79 Å². The Morgan fingerprint density at radius 3 is 2.15 bits per heavy atom. The van der Waals surface area contributed by atoms with Crippen molar-refractivity contribution in [3.05, 3.63) is 116 Å². The monoisotopic (exact) mass is 772 g/mol. The first kappa shape index (κ1) is 40.5. The number of carbonyl (C=O) groups is 2. The molecule has 5 rings (SSSR count). The van der Waals surface area contributed by atoms with Crippen LogP contribution in [0.4, 0.5) is 0 Å². The van der Waals surface area contributed by atoms with Gasteiger partial charge >= 0.3 is 5.97 Å². The molecule has 288 valence electrons. The molecule has 4 N–H and O–H groups in total. The van der Waals surface area contributed by atoms with E-state index >= 15 is 0 Å². The zero-order valence-electron chi connectivity index (χ0n) is 32.4. The fourth-order valence-corrected chi connectivity index (χ4v) is 9.35. The average molecular weight is 773 g/mol. The van der Waals surface area contributed by atoms with Crippen molar-refractivity contribution in [3.8, 4) is 5.75 Å². The highest BCUT2D eigenvalue weighted by atomic mass is 32.2. The highest BCUT2D eigenvalue weighted by Crippen LogP contribution is 2.42. The number of thiophene rings is 1. The number of carbonyl (C=O) groups excluding carboxylic acids is 2. The lowest BCUT2D eigenvalue weighted by Crippen LogP contribution is -2.44. The molecule has 54 heavy (non-hydrogen) atoms. The van der Waals surface area contributed by atoms with Gasteiger partial charge < -0.3 is 20.5 Å². The lowest BCUT2D eigenvalue weighted by Gasteiger charge is -2.35. The Morgan fingerprint density at radius 2 is 1.56 bits per heavy atom. The first-order valence-electron chi connectivity index (χ1n) is 18.2. The molecule has 3 aromatic carbocycles. The van der Waals surface area contributed by atoms with Crippen LogP contribution < -0.4 is 20.5 Å². The van der Waals surface area contributed by atoms with Gasteiger partial charge in [0.2, 0.25) is 5.96 Å². The first-order valence-corrected chi connectivity index (χ1v) is 20.5. The minimum atomic E-state index is -4.07. The zero-order valence-corrected chi connectivity index (χ0v) is 34.0. The highest BCUT2D eigenvalue weighted by molar-refractivity contribution is 7.90. The maximum atomic E-state index is 13.7. The van der Waals surface area contributed by atoms with E-state index in [-0.39, 0.29) is 35.3 Å². The van der Waals surface area contributed by atoms with E-state index in [2.05, 4.69) is 39.3 Å². The molecular formula is C42H52N4O6S2. The number of nitrogens with one attached hydrogen (secondary N) is 2. The van der Waals surface area contributed by atoms with Gasteiger partial charge in [-0.1, -0.05) is 60.7 Å². The van der Waals surface area contributed by atoms with Gasteiger partial charge in [-0.15, -0.1) is 11.3 Å². The van der Waals surface area contributed by atoms with E-state index in [1.807, 2.05) is 63.2 Å². The summed E-state index contributed by atoms with van der Waals surface area (Å²) in [7, 11) is -4.07. The second kappa shape index (κ2) is 16.4. The molecule has 0 bridgehead atoms. The summed E-state index contributed by atoms with van der Waals surface area (Å²) in [5.41, 5.74) is 10.1. The number of rotatable bonds is 12. The minimum absolute atomic E-state index is 0.0631. The van der Waals surface area contributed by atoms with Crippen LogP contribution in [0.3, 0.4) is 0 Å². The van der Waals surface area contributed by atoms with Crippen LogP contribution in [0, 0.1) is 20.8 Å². The van der Waals surface area contributed by atoms with Crippen LogP contribution >= 0.6 is 11.3 Å². The summed E-state index contributed by atoms with van der Waals surface area (Å²) in [5.74, 6) is -0.545. The van der Waals surface area contributed by atoms with E-state index in [1.54, 1.807) is 40.7 Å². The molecule has 10 nitrogen and oxygen atoms in total. The number of hydrogen-bond acceptors (Lipinski definition) is 8. The van der Waals surface area contributed by atoms with Crippen molar-refractivity contribution in [2.24, 2.45) is 10.7 Å². The summed E-state index contributed by atoms with van der Waals surface area (Å²) in [4.78, 5) is 32.8. The molecular weight excluding hydrogens is 721 g/mol. The second-order valence-electron chi connectivity index (χ2n) is 15.4. The number of nitrogens with two attached hydrogens (primary N) is 1. The van der Waals surface area contributed by atoms with Crippen LogP contribution in [0.25, 0.3) is 0 Å². The third kappa shape index (κ3) is 9.70. The fraction of sp³-hybridized carbons (Fsp3) is 0.405. The third-order valence-electron chi connectivity index (χ3n) is 9.50. The standard InChI is InChI=1S/C42H52N4O6S2/c1-26-27(2)37(28(3)31-23-24-42(7,8)51-36(26)31)54(49,50)46-40(43)44-25-15-20-32(39(48)52-41(4,5)6)45-38(47)34-22-21-33(53-34)35(29-16-11-9-12-17-29)30-18-13-10-14-19-30/h9-14,16-19,21-22,32,35H,15,20,23-25H2,1-8H3,(H,45,47)(H3,43,44,46)/t32-/m0/s1. The predicted octanol–water partition coefficient (Wildman–Crippen LogP) is 7.47. The largest absolute Gasteiger partial charge is 0.487 e. The smallest absolute Gasteiger partial charge is 0.329 e. The van der Waals surface area contributed by atoms with Gasteiger partial charge in [0.1, 0.15) is 23.0 Å². The van der Waals surface area contributed by atoms with Crippen molar-refractivity contribution in [2.45, 2.75) is 109 Å². The molecule has 0 aliphatic carbocycles. The number of hydrogen-bond donors (Lipinski definition) is 3. The average Bonchev–Trinajstić information content (AvgIpc) is 3.58. The normalized spacial score (nSPS) is 14.9. The van der Waals surface area contributed by atoms with E-state index in [9.17, 15) is 18.0 Å². The van der Waals surface area contributed by atoms with Gasteiger partial charge in [-0.25, -0.2) is 17.9 Å². The van der Waals surface area contributed by atoms with Crippen molar-refractivity contribution in [1.29, 1.82) is 0 Å². The molecule has 12 heteroatoms. The molecule has 1 aliphatic heterocycles. The Kier molecular flexibility index (Phi) is 12.3. The molecule has 1 aliphatic rings. The van der Waals surface area contributed by atoms with Crippen molar-refractivity contribution < 1.29 is 27.5 Å². The van der Waals surface area contributed by atoms with Gasteiger partial charge in [0.25, 0.3) is 15.9 Å². The third-order valence-corrected chi connectivity index (χ3v) is 12.3. The van der Waals surface area contributed by atoms with Gasteiger partial charge in [0, 0.05) is 17.3 Å². The molecule has 4 aromatic rings. The van der Waals surface area contributed by atoms with Crippen LogP contribution in [0.2, 0.25) is 0 Å². The van der Waals surface area contributed by atoms with E-state index in [0.29, 0.717) is 28.8 Å². The SMILES string of the molecule is Cc1c(C)c(S(=O)(=O)NC(N)=NCCC[C@H](NC(=O)c2ccc(C(c3ccccc3)c3ccccc3)s2)C(=O)OC(C)(C)C)c(C)c2c1OC(C)(C)CC2.